The number of anilines is 1. The third kappa shape index (κ3) is 3.71. The summed E-state index contributed by atoms with van der Waals surface area (Å²) in [4.78, 5) is 27.3. The van der Waals surface area contributed by atoms with Gasteiger partial charge < -0.3 is 25.4 Å². The smallest absolute Gasteiger partial charge is 0.224 e. The first-order valence-corrected chi connectivity index (χ1v) is 10.9. The maximum Gasteiger partial charge on any atom is 0.224 e. The van der Waals surface area contributed by atoms with E-state index in [-0.39, 0.29) is 17.2 Å². The van der Waals surface area contributed by atoms with Crippen molar-refractivity contribution in [3.8, 4) is 0 Å². The summed E-state index contributed by atoms with van der Waals surface area (Å²) < 4.78 is 13.2. The number of amides is 1. The molecule has 168 valence electrons. The van der Waals surface area contributed by atoms with Gasteiger partial charge in [0.05, 0.1) is 18.0 Å². The van der Waals surface area contributed by atoms with Crippen LogP contribution in [0.25, 0.3) is 11.0 Å². The van der Waals surface area contributed by atoms with Gasteiger partial charge in [-0.3, -0.25) is 4.79 Å². The van der Waals surface area contributed by atoms with Crippen LogP contribution in [0.2, 0.25) is 0 Å². The Labute approximate surface area is 184 Å². The average molecular weight is 439 g/mol. The number of halogens is 1. The molecule has 1 saturated carbocycles. The third-order valence-corrected chi connectivity index (χ3v) is 6.89. The third-order valence-electron chi connectivity index (χ3n) is 6.89. The normalized spacial score (nSPS) is 21.5. The zero-order valence-corrected chi connectivity index (χ0v) is 17.5. The zero-order chi connectivity index (χ0) is 22.3. The molecule has 9 heteroatoms. The van der Waals surface area contributed by atoms with E-state index >= 15 is 0 Å². The molecule has 0 bridgehead atoms. The molecule has 3 atom stereocenters. The second-order valence-corrected chi connectivity index (χ2v) is 8.86. The summed E-state index contributed by atoms with van der Waals surface area (Å²) >= 11 is 0. The van der Waals surface area contributed by atoms with Crippen LogP contribution in [0, 0.1) is 17.2 Å². The molecule has 0 unspecified atom stereocenters. The zero-order valence-electron chi connectivity index (χ0n) is 17.5. The van der Waals surface area contributed by atoms with Gasteiger partial charge in [0.15, 0.2) is 0 Å². The SMILES string of the molecule is O=C(N[C@@H](CO)[C@@H](O)c1ccc(F)cc1)[C@H]1CCN(c2ncnc3[nH]ccc23)CC12CC2. The average Bonchev–Trinajstić information content (AvgIpc) is 3.38. The summed E-state index contributed by atoms with van der Waals surface area (Å²) in [6.45, 7) is 0.997. The van der Waals surface area contributed by atoms with E-state index in [0.717, 1.165) is 36.2 Å². The van der Waals surface area contributed by atoms with Gasteiger partial charge in [0.2, 0.25) is 5.91 Å². The first kappa shape index (κ1) is 20.8. The molecule has 1 aromatic carbocycles. The van der Waals surface area contributed by atoms with E-state index in [0.29, 0.717) is 18.5 Å². The molecule has 1 aliphatic heterocycles. The molecule has 4 N–H and O–H groups in total. The van der Waals surface area contributed by atoms with Gasteiger partial charge in [-0.15, -0.1) is 0 Å². The lowest BCUT2D eigenvalue weighted by atomic mass is 9.81. The van der Waals surface area contributed by atoms with Crippen molar-refractivity contribution in [3.63, 3.8) is 0 Å². The first-order valence-electron chi connectivity index (χ1n) is 10.9. The van der Waals surface area contributed by atoms with Crippen molar-refractivity contribution in [1.82, 2.24) is 20.3 Å². The van der Waals surface area contributed by atoms with Crippen molar-refractivity contribution >= 4 is 22.8 Å². The summed E-state index contributed by atoms with van der Waals surface area (Å²) in [5, 5.41) is 24.2. The number of H-pyrrole nitrogens is 1. The number of fused-ring (bicyclic) bond motifs is 1. The van der Waals surface area contributed by atoms with Crippen LogP contribution in [0.15, 0.2) is 42.9 Å². The van der Waals surface area contributed by atoms with Gasteiger partial charge in [-0.05, 0) is 48.4 Å². The van der Waals surface area contributed by atoms with E-state index in [9.17, 15) is 19.4 Å². The molecule has 1 spiro atoms. The molecule has 8 nitrogen and oxygen atoms in total. The monoisotopic (exact) mass is 439 g/mol. The second-order valence-electron chi connectivity index (χ2n) is 8.86. The lowest BCUT2D eigenvalue weighted by Gasteiger charge is -2.39. The van der Waals surface area contributed by atoms with Gasteiger partial charge in [0.1, 0.15) is 29.7 Å². The minimum absolute atomic E-state index is 0.128. The first-order chi connectivity index (χ1) is 15.5. The number of carbonyl (C=O) groups excluding carboxylic acids is 1. The summed E-state index contributed by atoms with van der Waals surface area (Å²) in [6, 6.07) is 6.52. The van der Waals surface area contributed by atoms with Crippen molar-refractivity contribution in [2.24, 2.45) is 11.3 Å². The Balaban J connectivity index is 1.29. The lowest BCUT2D eigenvalue weighted by molar-refractivity contribution is -0.130. The van der Waals surface area contributed by atoms with Gasteiger partial charge in [-0.2, -0.15) is 0 Å². The number of rotatable bonds is 6. The van der Waals surface area contributed by atoms with Crippen LogP contribution >= 0.6 is 0 Å². The molecular formula is C23H26FN5O3. The van der Waals surface area contributed by atoms with Gasteiger partial charge in [0.25, 0.3) is 0 Å². The molecule has 5 rings (SSSR count). The van der Waals surface area contributed by atoms with Gasteiger partial charge in [-0.25, -0.2) is 14.4 Å². The Morgan fingerprint density at radius 3 is 2.78 bits per heavy atom. The van der Waals surface area contributed by atoms with Crippen LogP contribution in [-0.4, -0.2) is 56.8 Å². The van der Waals surface area contributed by atoms with Crippen molar-refractivity contribution < 1.29 is 19.4 Å². The van der Waals surface area contributed by atoms with Crippen LogP contribution in [0.4, 0.5) is 10.2 Å². The van der Waals surface area contributed by atoms with Gasteiger partial charge in [0, 0.05) is 25.2 Å². The highest BCUT2D eigenvalue weighted by Crippen LogP contribution is 2.56. The Morgan fingerprint density at radius 1 is 1.28 bits per heavy atom. The Bertz CT molecular complexity index is 1110. The Morgan fingerprint density at radius 2 is 2.06 bits per heavy atom. The van der Waals surface area contributed by atoms with Crippen molar-refractivity contribution in [1.29, 1.82) is 0 Å². The van der Waals surface area contributed by atoms with Crippen LogP contribution in [0.3, 0.4) is 0 Å². The van der Waals surface area contributed by atoms with Crippen molar-refractivity contribution in [3.05, 3.63) is 54.2 Å². The number of benzene rings is 1. The van der Waals surface area contributed by atoms with Crippen molar-refractivity contribution in [2.75, 3.05) is 24.6 Å². The number of hydrogen-bond acceptors (Lipinski definition) is 6. The fraction of sp³-hybridized carbons (Fsp3) is 0.435. The highest BCUT2D eigenvalue weighted by molar-refractivity contribution is 5.88. The maximum absolute atomic E-state index is 13.2. The largest absolute Gasteiger partial charge is 0.394 e. The standard InChI is InChI=1S/C23H26FN5O3/c24-15-3-1-14(2-4-15)19(31)18(11-30)28-22(32)17-6-10-29(12-23(17)7-8-23)21-16-5-9-25-20(16)26-13-27-21/h1-5,9,13,17-19,30-31H,6-8,10-12H2,(H,28,32)(H,25,26,27)/t17-,18+,19+/m1/s1. The molecule has 32 heavy (non-hydrogen) atoms. The molecule has 0 radical (unpaired) electrons. The quantitative estimate of drug-likeness (QED) is 0.467. The number of hydrogen-bond donors (Lipinski definition) is 4. The number of nitrogens with zero attached hydrogens (tertiary/aromatic N) is 3. The number of aromatic nitrogens is 3. The van der Waals surface area contributed by atoms with E-state index in [1.54, 1.807) is 6.33 Å². The number of aliphatic hydroxyl groups excluding tert-OH is 2. The lowest BCUT2D eigenvalue weighted by Crippen LogP contribution is -2.51. The van der Waals surface area contributed by atoms with Crippen molar-refractivity contribution in [2.45, 2.75) is 31.4 Å². The fourth-order valence-corrected chi connectivity index (χ4v) is 4.93. The summed E-state index contributed by atoms with van der Waals surface area (Å²) in [6.07, 6.45) is 4.84. The highest BCUT2D eigenvalue weighted by Gasteiger charge is 2.55. The topological polar surface area (TPSA) is 114 Å². The molecule has 2 aromatic heterocycles. The summed E-state index contributed by atoms with van der Waals surface area (Å²) in [5.74, 6) is 0.114. The minimum atomic E-state index is -1.12. The minimum Gasteiger partial charge on any atom is -0.394 e. The van der Waals surface area contributed by atoms with Crippen LogP contribution in [-0.2, 0) is 4.79 Å². The molecule has 2 aliphatic rings. The maximum atomic E-state index is 13.2. The Hall–Kier alpha value is -3.04. The fourth-order valence-electron chi connectivity index (χ4n) is 4.93. The predicted octanol–water partition coefficient (Wildman–Crippen LogP) is 1.91. The predicted molar refractivity (Wildman–Crippen MR) is 116 cm³/mol. The van der Waals surface area contributed by atoms with Gasteiger partial charge in [-0.1, -0.05) is 12.1 Å². The summed E-state index contributed by atoms with van der Waals surface area (Å²) in [5.41, 5.74) is 1.11. The molecule has 1 amide bonds. The molecule has 3 aromatic rings. The number of piperidine rings is 1. The van der Waals surface area contributed by atoms with E-state index < -0.39 is 24.6 Å². The van der Waals surface area contributed by atoms with Crippen LogP contribution < -0.4 is 10.2 Å². The molecule has 1 aliphatic carbocycles. The molecule has 1 saturated heterocycles. The van der Waals surface area contributed by atoms with E-state index in [1.165, 1.54) is 24.3 Å². The number of nitrogens with one attached hydrogen (secondary N) is 2. The number of aromatic amines is 1. The summed E-state index contributed by atoms with van der Waals surface area (Å²) in [7, 11) is 0. The molecule has 2 fully saturated rings. The van der Waals surface area contributed by atoms with Gasteiger partial charge >= 0.3 is 0 Å². The highest BCUT2D eigenvalue weighted by atomic mass is 19.1. The van der Waals surface area contributed by atoms with Crippen LogP contribution in [0.5, 0.6) is 0 Å². The second kappa shape index (κ2) is 8.14. The van der Waals surface area contributed by atoms with E-state index in [4.69, 9.17) is 0 Å². The van der Waals surface area contributed by atoms with Crippen LogP contribution in [0.1, 0.15) is 30.9 Å². The Kier molecular flexibility index (Phi) is 5.30. The molecular weight excluding hydrogens is 413 g/mol. The van der Waals surface area contributed by atoms with E-state index in [1.807, 2.05) is 12.3 Å². The number of carbonyl (C=O) groups is 1. The number of aliphatic hydroxyl groups is 2. The van der Waals surface area contributed by atoms with E-state index in [2.05, 4.69) is 25.2 Å². The molecule has 3 heterocycles.